The number of rotatable bonds is 6. The van der Waals surface area contributed by atoms with Gasteiger partial charge in [0.05, 0.1) is 20.7 Å². The van der Waals surface area contributed by atoms with Crippen molar-refractivity contribution < 1.29 is 28.4 Å². The van der Waals surface area contributed by atoms with E-state index in [1.54, 1.807) is 6.07 Å². The topological polar surface area (TPSA) is 119 Å². The van der Waals surface area contributed by atoms with Crippen molar-refractivity contribution in [2.75, 3.05) is 4.90 Å². The number of halogens is 3. The number of carbonyl (C=O) groups excluding carboxylic acids is 3. The van der Waals surface area contributed by atoms with Crippen LogP contribution in [0.2, 0.25) is 10.0 Å². The molecule has 1 N–H and O–H groups in total. The molecule has 0 saturated carbocycles. The summed E-state index contributed by atoms with van der Waals surface area (Å²) in [7, 11) is 0. The third-order valence-electron chi connectivity index (χ3n) is 5.02. The monoisotopic (exact) mass is 529 g/mol. The van der Waals surface area contributed by atoms with Gasteiger partial charge in [-0.05, 0) is 53.6 Å². The summed E-state index contributed by atoms with van der Waals surface area (Å²) in [5.41, 5.74) is 0.366. The van der Waals surface area contributed by atoms with Gasteiger partial charge in [-0.15, -0.1) is 0 Å². The van der Waals surface area contributed by atoms with Gasteiger partial charge in [0, 0.05) is 12.1 Å². The number of imide groups is 2. The Morgan fingerprint density at radius 3 is 2.33 bits per heavy atom. The molecule has 0 spiro atoms. The van der Waals surface area contributed by atoms with Crippen LogP contribution >= 0.6 is 23.2 Å². The maximum Gasteiger partial charge on any atom is 0.335 e. The molecule has 3 aromatic carbocycles. The van der Waals surface area contributed by atoms with Gasteiger partial charge in [0.2, 0.25) is 0 Å². The van der Waals surface area contributed by atoms with E-state index in [2.05, 4.69) is 5.32 Å². The average molecular weight is 530 g/mol. The van der Waals surface area contributed by atoms with E-state index in [4.69, 9.17) is 27.9 Å². The first-order valence-corrected chi connectivity index (χ1v) is 10.9. The van der Waals surface area contributed by atoms with Gasteiger partial charge in [-0.25, -0.2) is 14.1 Å². The van der Waals surface area contributed by atoms with E-state index < -0.39 is 28.6 Å². The van der Waals surface area contributed by atoms with Gasteiger partial charge in [0.15, 0.2) is 5.75 Å². The molecular weight excluding hydrogens is 516 g/mol. The number of hydrogen-bond acceptors (Lipinski definition) is 6. The Hall–Kier alpha value is -4.28. The molecule has 1 heterocycles. The third kappa shape index (κ3) is 5.19. The van der Waals surface area contributed by atoms with Crippen LogP contribution < -0.4 is 15.0 Å². The molecule has 0 atom stereocenters. The zero-order valence-corrected chi connectivity index (χ0v) is 19.5. The second-order valence-electron chi connectivity index (χ2n) is 7.46. The van der Waals surface area contributed by atoms with Gasteiger partial charge in [-0.1, -0.05) is 35.3 Å². The van der Waals surface area contributed by atoms with Crippen LogP contribution in [0.5, 0.6) is 5.75 Å². The number of barbiturate groups is 1. The van der Waals surface area contributed by atoms with Crippen LogP contribution in [0.3, 0.4) is 0 Å². The number of ether oxygens (including phenoxy) is 1. The highest BCUT2D eigenvalue weighted by Gasteiger charge is 2.36. The smallest absolute Gasteiger partial charge is 0.335 e. The summed E-state index contributed by atoms with van der Waals surface area (Å²) in [5, 5.41) is 13.1. The van der Waals surface area contributed by atoms with Crippen molar-refractivity contribution in [2.24, 2.45) is 0 Å². The van der Waals surface area contributed by atoms with Crippen molar-refractivity contribution in [3.63, 3.8) is 0 Å². The van der Waals surface area contributed by atoms with Crippen molar-refractivity contribution in [2.45, 2.75) is 6.61 Å². The molecule has 4 amide bonds. The Kier molecular flexibility index (Phi) is 7.00. The lowest BCUT2D eigenvalue weighted by atomic mass is 10.1. The Bertz CT molecular complexity index is 1420. The van der Waals surface area contributed by atoms with Crippen LogP contribution in [0.4, 0.5) is 20.6 Å². The first-order chi connectivity index (χ1) is 17.1. The highest BCUT2D eigenvalue weighted by molar-refractivity contribution is 6.40. The van der Waals surface area contributed by atoms with Crippen molar-refractivity contribution in [1.82, 2.24) is 5.32 Å². The highest BCUT2D eigenvalue weighted by atomic mass is 35.5. The highest BCUT2D eigenvalue weighted by Crippen LogP contribution is 2.36. The molecule has 182 valence electrons. The number of nitro groups is 1. The maximum atomic E-state index is 13.3. The van der Waals surface area contributed by atoms with E-state index >= 15 is 0 Å². The van der Waals surface area contributed by atoms with Crippen LogP contribution in [0.15, 0.2) is 66.2 Å². The zero-order chi connectivity index (χ0) is 26.0. The predicted molar refractivity (Wildman–Crippen MR) is 129 cm³/mol. The van der Waals surface area contributed by atoms with Crippen molar-refractivity contribution in [1.29, 1.82) is 0 Å². The number of amides is 4. The van der Waals surface area contributed by atoms with Crippen LogP contribution in [0.25, 0.3) is 6.08 Å². The van der Waals surface area contributed by atoms with Crippen molar-refractivity contribution >= 4 is 58.5 Å². The molecule has 1 aliphatic heterocycles. The molecule has 12 heteroatoms. The normalized spacial score (nSPS) is 14.7. The molecule has 0 radical (unpaired) electrons. The van der Waals surface area contributed by atoms with Crippen LogP contribution in [0, 0.1) is 15.9 Å². The minimum Gasteiger partial charge on any atom is -0.486 e. The first-order valence-electron chi connectivity index (χ1n) is 10.2. The number of urea groups is 1. The predicted octanol–water partition coefficient (Wildman–Crippen LogP) is 5.29. The molecule has 3 aromatic rings. The second kappa shape index (κ2) is 10.1. The standard InChI is InChI=1S/C24H14Cl2FN3O6/c25-19-10-14(11-20(26)21(19)36-12-13-2-1-3-17(8-13)30(34)35)9-18-22(31)28-24(33)29(23(18)32)16-6-4-15(27)5-7-16/h1-11H,12H2,(H,28,31,33)/b18-9+. The van der Waals surface area contributed by atoms with Gasteiger partial charge in [0.1, 0.15) is 18.0 Å². The molecular formula is C24H14Cl2FN3O6. The van der Waals surface area contributed by atoms with Crippen molar-refractivity contribution in [3.8, 4) is 5.75 Å². The molecule has 0 unspecified atom stereocenters. The number of carbonyl (C=O) groups is 3. The molecule has 1 fully saturated rings. The Labute approximate surface area is 212 Å². The number of benzene rings is 3. The Morgan fingerprint density at radius 1 is 1.03 bits per heavy atom. The fourth-order valence-electron chi connectivity index (χ4n) is 3.36. The summed E-state index contributed by atoms with van der Waals surface area (Å²) in [5.74, 6) is -2.32. The zero-order valence-electron chi connectivity index (χ0n) is 18.0. The molecule has 4 rings (SSSR count). The Morgan fingerprint density at radius 2 is 1.69 bits per heavy atom. The number of hydrogen-bond donors (Lipinski definition) is 1. The second-order valence-corrected chi connectivity index (χ2v) is 8.28. The van der Waals surface area contributed by atoms with E-state index in [-0.39, 0.29) is 44.9 Å². The fraction of sp³-hybridized carbons (Fsp3) is 0.0417. The molecule has 1 aliphatic rings. The summed E-state index contributed by atoms with van der Waals surface area (Å²) in [6.07, 6.45) is 1.20. The minimum atomic E-state index is -0.977. The summed E-state index contributed by atoms with van der Waals surface area (Å²) in [6, 6.07) is 12.2. The number of nitrogens with zero attached hydrogens (tertiary/aromatic N) is 2. The van der Waals surface area contributed by atoms with Gasteiger partial charge in [-0.2, -0.15) is 0 Å². The SMILES string of the molecule is O=C1NC(=O)N(c2ccc(F)cc2)C(=O)/C1=C/c1cc(Cl)c(OCc2cccc([N+](=O)[O-])c2)c(Cl)c1. The number of nitrogens with one attached hydrogen (secondary N) is 1. The average Bonchev–Trinajstić information content (AvgIpc) is 2.82. The Balaban J connectivity index is 1.59. The molecule has 0 bridgehead atoms. The lowest BCUT2D eigenvalue weighted by molar-refractivity contribution is -0.384. The minimum absolute atomic E-state index is 0.0508. The van der Waals surface area contributed by atoms with Gasteiger partial charge in [0.25, 0.3) is 17.5 Å². The number of anilines is 1. The van der Waals surface area contributed by atoms with E-state index in [0.717, 1.165) is 12.1 Å². The van der Waals surface area contributed by atoms with Gasteiger partial charge < -0.3 is 4.74 Å². The quantitative estimate of drug-likeness (QED) is 0.200. The maximum absolute atomic E-state index is 13.3. The van der Waals surface area contributed by atoms with E-state index in [1.165, 1.54) is 48.5 Å². The number of non-ortho nitro benzene ring substituents is 1. The molecule has 0 aromatic heterocycles. The van der Waals surface area contributed by atoms with E-state index in [0.29, 0.717) is 10.5 Å². The lowest BCUT2D eigenvalue weighted by Crippen LogP contribution is -2.54. The molecule has 0 aliphatic carbocycles. The largest absolute Gasteiger partial charge is 0.486 e. The summed E-state index contributed by atoms with van der Waals surface area (Å²) >= 11 is 12.6. The van der Waals surface area contributed by atoms with Gasteiger partial charge in [-0.3, -0.25) is 25.0 Å². The summed E-state index contributed by atoms with van der Waals surface area (Å²) < 4.78 is 18.9. The van der Waals surface area contributed by atoms with E-state index in [1.807, 2.05) is 0 Å². The molecule has 9 nitrogen and oxygen atoms in total. The van der Waals surface area contributed by atoms with Crippen LogP contribution in [-0.4, -0.2) is 22.8 Å². The first kappa shape index (κ1) is 24.8. The third-order valence-corrected chi connectivity index (χ3v) is 5.58. The van der Waals surface area contributed by atoms with Crippen LogP contribution in [0.1, 0.15) is 11.1 Å². The van der Waals surface area contributed by atoms with Gasteiger partial charge >= 0.3 is 6.03 Å². The fourth-order valence-corrected chi connectivity index (χ4v) is 3.98. The number of nitro benzene ring substituents is 1. The summed E-state index contributed by atoms with van der Waals surface area (Å²) in [6.45, 7) is -0.0583. The summed E-state index contributed by atoms with van der Waals surface area (Å²) in [4.78, 5) is 48.7. The molecule has 36 heavy (non-hydrogen) atoms. The molecule has 1 saturated heterocycles. The van der Waals surface area contributed by atoms with Crippen molar-refractivity contribution in [3.05, 3.63) is 103 Å². The van der Waals surface area contributed by atoms with E-state index in [9.17, 15) is 28.9 Å². The lowest BCUT2D eigenvalue weighted by Gasteiger charge is -2.26. The van der Waals surface area contributed by atoms with Crippen LogP contribution in [-0.2, 0) is 16.2 Å².